The molecule has 1 aromatic carbocycles. The molecule has 1 heterocycles. The molecule has 0 aliphatic carbocycles. The fourth-order valence-corrected chi connectivity index (χ4v) is 2.98. The first-order chi connectivity index (χ1) is 11.2. The molecule has 1 aliphatic rings. The third-order valence-corrected chi connectivity index (χ3v) is 4.17. The van der Waals surface area contributed by atoms with E-state index in [0.717, 1.165) is 13.1 Å². The summed E-state index contributed by atoms with van der Waals surface area (Å²) in [4.78, 5) is 25.6. The van der Waals surface area contributed by atoms with Crippen LogP contribution in [-0.4, -0.2) is 38.1 Å². The van der Waals surface area contributed by atoms with Crippen LogP contribution in [0.25, 0.3) is 0 Å². The number of rotatable bonds is 5. The number of para-hydroxylation sites is 1. The van der Waals surface area contributed by atoms with Gasteiger partial charge in [-0.05, 0) is 44.7 Å². The molecule has 2 N–H and O–H groups in total. The summed E-state index contributed by atoms with van der Waals surface area (Å²) in [5.74, 6) is -0.445. The van der Waals surface area contributed by atoms with Gasteiger partial charge in [-0.15, -0.1) is 0 Å². The number of anilines is 1. The van der Waals surface area contributed by atoms with Crippen molar-refractivity contribution in [3.63, 3.8) is 0 Å². The second kappa shape index (κ2) is 9.30. The lowest BCUT2D eigenvalue weighted by Crippen LogP contribution is -3.13. The molecule has 0 spiro atoms. The van der Waals surface area contributed by atoms with E-state index in [1.165, 1.54) is 37.0 Å². The minimum Gasteiger partial charge on any atom is -0.462 e. The van der Waals surface area contributed by atoms with E-state index < -0.39 is 5.97 Å². The largest absolute Gasteiger partial charge is 0.462 e. The minimum atomic E-state index is -0.401. The molecule has 1 aromatic rings. The van der Waals surface area contributed by atoms with Crippen LogP contribution in [0.3, 0.4) is 0 Å². The highest BCUT2D eigenvalue weighted by molar-refractivity contribution is 6.01. The fourth-order valence-electron chi connectivity index (χ4n) is 2.98. The van der Waals surface area contributed by atoms with Gasteiger partial charge in [0.1, 0.15) is 0 Å². The number of ether oxygens (including phenoxy) is 1. The maximum absolute atomic E-state index is 12.3. The minimum absolute atomic E-state index is 0.0441. The number of amides is 1. The van der Waals surface area contributed by atoms with E-state index in [1.807, 2.05) is 0 Å². The Morgan fingerprint density at radius 2 is 1.74 bits per heavy atom. The average molecular weight is 319 g/mol. The van der Waals surface area contributed by atoms with Gasteiger partial charge in [0.2, 0.25) is 0 Å². The van der Waals surface area contributed by atoms with Gasteiger partial charge in [0, 0.05) is 0 Å². The van der Waals surface area contributed by atoms with Gasteiger partial charge in [-0.3, -0.25) is 4.79 Å². The maximum atomic E-state index is 12.3. The molecule has 2 rings (SSSR count). The number of likely N-dealkylation sites (tertiary alicyclic amines) is 1. The zero-order valence-corrected chi connectivity index (χ0v) is 13.9. The molecule has 5 heteroatoms. The highest BCUT2D eigenvalue weighted by Crippen LogP contribution is 2.16. The van der Waals surface area contributed by atoms with Crippen molar-refractivity contribution in [3.8, 4) is 0 Å². The molecule has 1 amide bonds. The molecule has 1 fully saturated rings. The van der Waals surface area contributed by atoms with Gasteiger partial charge in [0.15, 0.2) is 6.54 Å². The second-order valence-electron chi connectivity index (χ2n) is 6.01. The van der Waals surface area contributed by atoms with Gasteiger partial charge in [-0.25, -0.2) is 4.79 Å². The van der Waals surface area contributed by atoms with Crippen LogP contribution in [0, 0.1) is 0 Å². The Kier molecular flexibility index (Phi) is 7.07. The first kappa shape index (κ1) is 17.5. The molecule has 0 bridgehead atoms. The van der Waals surface area contributed by atoms with Crippen LogP contribution in [0.15, 0.2) is 24.3 Å². The van der Waals surface area contributed by atoms with Crippen molar-refractivity contribution in [1.82, 2.24) is 0 Å². The SMILES string of the molecule is CCOC(=O)c1ccccc1NC(=O)C[NH+]1CCCCCCC1. The standard InChI is InChI=1S/C18H26N2O3/c1-2-23-18(22)15-10-6-7-11-16(15)19-17(21)14-20-12-8-4-3-5-9-13-20/h6-7,10-11H,2-5,8-9,12-14H2,1H3,(H,19,21)/p+1. The molecule has 1 saturated heterocycles. The molecule has 5 nitrogen and oxygen atoms in total. The van der Waals surface area contributed by atoms with Gasteiger partial charge in [0.05, 0.1) is 30.9 Å². The maximum Gasteiger partial charge on any atom is 0.340 e. The second-order valence-corrected chi connectivity index (χ2v) is 6.01. The number of quaternary nitrogens is 1. The van der Waals surface area contributed by atoms with E-state index in [1.54, 1.807) is 31.2 Å². The Morgan fingerprint density at radius 1 is 1.09 bits per heavy atom. The number of benzene rings is 1. The number of carbonyl (C=O) groups is 2. The zero-order chi connectivity index (χ0) is 16.5. The van der Waals surface area contributed by atoms with Crippen molar-refractivity contribution in [2.75, 3.05) is 31.6 Å². The predicted octanol–water partition coefficient (Wildman–Crippen LogP) is 1.65. The average Bonchev–Trinajstić information content (AvgIpc) is 2.50. The van der Waals surface area contributed by atoms with E-state index >= 15 is 0 Å². The van der Waals surface area contributed by atoms with E-state index in [0.29, 0.717) is 24.4 Å². The Labute approximate surface area is 138 Å². The van der Waals surface area contributed by atoms with E-state index in [-0.39, 0.29) is 5.91 Å². The normalized spacial score (nSPS) is 16.2. The topological polar surface area (TPSA) is 59.8 Å². The fraction of sp³-hybridized carbons (Fsp3) is 0.556. The third-order valence-electron chi connectivity index (χ3n) is 4.17. The van der Waals surface area contributed by atoms with Gasteiger partial charge >= 0.3 is 5.97 Å². The smallest absolute Gasteiger partial charge is 0.340 e. The number of esters is 1. The Morgan fingerprint density at radius 3 is 2.43 bits per heavy atom. The molecule has 0 saturated carbocycles. The summed E-state index contributed by atoms with van der Waals surface area (Å²) >= 11 is 0. The number of hydrogen-bond donors (Lipinski definition) is 2. The van der Waals surface area contributed by atoms with Crippen molar-refractivity contribution >= 4 is 17.6 Å². The van der Waals surface area contributed by atoms with Crippen LogP contribution >= 0.6 is 0 Å². The summed E-state index contributed by atoms with van der Waals surface area (Å²) in [5, 5.41) is 2.87. The highest BCUT2D eigenvalue weighted by Gasteiger charge is 2.18. The van der Waals surface area contributed by atoms with Crippen molar-refractivity contribution in [3.05, 3.63) is 29.8 Å². The van der Waals surface area contributed by atoms with E-state index in [9.17, 15) is 9.59 Å². The summed E-state index contributed by atoms with van der Waals surface area (Å²) < 4.78 is 5.04. The monoisotopic (exact) mass is 319 g/mol. The molecule has 0 atom stereocenters. The lowest BCUT2D eigenvalue weighted by molar-refractivity contribution is -0.892. The van der Waals surface area contributed by atoms with Crippen molar-refractivity contribution in [1.29, 1.82) is 0 Å². The molecule has 1 aliphatic heterocycles. The summed E-state index contributed by atoms with van der Waals surface area (Å²) in [7, 11) is 0. The molecular formula is C18H27N2O3+. The number of hydrogen-bond acceptors (Lipinski definition) is 3. The van der Waals surface area contributed by atoms with Crippen LogP contribution in [-0.2, 0) is 9.53 Å². The first-order valence-electron chi connectivity index (χ1n) is 8.60. The zero-order valence-electron chi connectivity index (χ0n) is 13.9. The first-order valence-corrected chi connectivity index (χ1v) is 8.60. The highest BCUT2D eigenvalue weighted by atomic mass is 16.5. The van der Waals surface area contributed by atoms with Crippen LogP contribution in [0.4, 0.5) is 5.69 Å². The van der Waals surface area contributed by atoms with Crippen molar-refractivity contribution < 1.29 is 19.2 Å². The number of carbonyl (C=O) groups excluding carboxylic acids is 2. The van der Waals surface area contributed by atoms with Crippen molar-refractivity contribution in [2.24, 2.45) is 0 Å². The predicted molar refractivity (Wildman–Crippen MR) is 89.7 cm³/mol. The summed E-state index contributed by atoms with van der Waals surface area (Å²) in [6, 6.07) is 7.00. The molecule has 23 heavy (non-hydrogen) atoms. The molecule has 0 radical (unpaired) electrons. The summed E-state index contributed by atoms with van der Waals surface area (Å²) in [6.45, 7) is 4.64. The molecule has 0 unspecified atom stereocenters. The van der Waals surface area contributed by atoms with E-state index in [4.69, 9.17) is 4.74 Å². The molecular weight excluding hydrogens is 292 g/mol. The van der Waals surface area contributed by atoms with Crippen LogP contribution in [0.2, 0.25) is 0 Å². The Hall–Kier alpha value is -1.88. The van der Waals surface area contributed by atoms with Gasteiger partial charge in [-0.1, -0.05) is 18.6 Å². The Balaban J connectivity index is 1.95. The Bertz CT molecular complexity index is 523. The lowest BCUT2D eigenvalue weighted by Gasteiger charge is -2.21. The summed E-state index contributed by atoms with van der Waals surface area (Å²) in [6.07, 6.45) is 6.20. The lowest BCUT2D eigenvalue weighted by atomic mass is 10.1. The quantitative estimate of drug-likeness (QED) is 0.811. The van der Waals surface area contributed by atoms with Gasteiger partial charge in [0.25, 0.3) is 5.91 Å². The van der Waals surface area contributed by atoms with Gasteiger partial charge in [-0.2, -0.15) is 0 Å². The molecule has 0 aromatic heterocycles. The van der Waals surface area contributed by atoms with Crippen LogP contribution < -0.4 is 10.2 Å². The van der Waals surface area contributed by atoms with E-state index in [2.05, 4.69) is 5.32 Å². The van der Waals surface area contributed by atoms with Crippen molar-refractivity contribution in [2.45, 2.75) is 39.0 Å². The number of nitrogens with one attached hydrogen (secondary N) is 2. The summed E-state index contributed by atoms with van der Waals surface area (Å²) in [5.41, 5.74) is 0.938. The molecule has 126 valence electrons. The van der Waals surface area contributed by atoms with Crippen LogP contribution in [0.1, 0.15) is 49.4 Å². The van der Waals surface area contributed by atoms with Crippen LogP contribution in [0.5, 0.6) is 0 Å². The van der Waals surface area contributed by atoms with Gasteiger partial charge < -0.3 is 15.0 Å². The third kappa shape index (κ3) is 5.67.